The van der Waals surface area contributed by atoms with Crippen molar-refractivity contribution >= 4 is 0 Å². The van der Waals surface area contributed by atoms with Crippen molar-refractivity contribution in [1.29, 1.82) is 0 Å². The summed E-state index contributed by atoms with van der Waals surface area (Å²) in [7, 11) is 0. The van der Waals surface area contributed by atoms with Gasteiger partial charge in [-0.3, -0.25) is 0 Å². The van der Waals surface area contributed by atoms with Crippen molar-refractivity contribution in [3.8, 4) is 17.0 Å². The molecule has 1 aromatic carbocycles. The third-order valence-corrected chi connectivity index (χ3v) is 3.35. The van der Waals surface area contributed by atoms with Crippen LogP contribution in [-0.4, -0.2) is 17.4 Å². The van der Waals surface area contributed by atoms with Crippen LogP contribution in [0.1, 0.15) is 12.2 Å². The first-order valence-corrected chi connectivity index (χ1v) is 6.43. The molecule has 1 fully saturated rings. The van der Waals surface area contributed by atoms with Gasteiger partial charge in [-0.2, -0.15) is 0 Å². The lowest BCUT2D eigenvalue weighted by Gasteiger charge is -2.11. The zero-order valence-electron chi connectivity index (χ0n) is 11.0. The van der Waals surface area contributed by atoms with E-state index in [0.717, 1.165) is 6.07 Å². The van der Waals surface area contributed by atoms with Gasteiger partial charge in [-0.05, 0) is 12.1 Å². The van der Waals surface area contributed by atoms with E-state index in [9.17, 15) is 22.0 Å². The van der Waals surface area contributed by atoms with Crippen molar-refractivity contribution in [1.82, 2.24) is 5.16 Å². The molecule has 3 nitrogen and oxygen atoms in total. The Morgan fingerprint density at radius 2 is 1.95 bits per heavy atom. The molecule has 0 bridgehead atoms. The van der Waals surface area contributed by atoms with E-state index in [1.807, 2.05) is 0 Å². The number of para-hydroxylation sites is 1. The summed E-state index contributed by atoms with van der Waals surface area (Å²) in [6.45, 7) is 0. The van der Waals surface area contributed by atoms with E-state index in [-0.39, 0.29) is 29.9 Å². The highest BCUT2D eigenvalue weighted by Crippen LogP contribution is 2.50. The zero-order valence-corrected chi connectivity index (χ0v) is 11.0. The van der Waals surface area contributed by atoms with Gasteiger partial charge in [-0.1, -0.05) is 17.3 Å². The van der Waals surface area contributed by atoms with Crippen LogP contribution in [0.15, 0.2) is 34.9 Å². The van der Waals surface area contributed by atoms with Crippen molar-refractivity contribution in [3.05, 3.63) is 36.1 Å². The van der Waals surface area contributed by atoms with Gasteiger partial charge in [0.2, 0.25) is 0 Å². The number of rotatable bonds is 4. The first-order valence-electron chi connectivity index (χ1n) is 6.43. The second kappa shape index (κ2) is 4.96. The fourth-order valence-corrected chi connectivity index (χ4v) is 2.16. The van der Waals surface area contributed by atoms with Crippen molar-refractivity contribution in [2.75, 3.05) is 0 Å². The number of hydrogen-bond donors (Lipinski definition) is 0. The van der Waals surface area contributed by atoms with Gasteiger partial charge in [0.25, 0.3) is 5.92 Å². The molecule has 1 unspecified atom stereocenters. The summed E-state index contributed by atoms with van der Waals surface area (Å²) in [6, 6.07) is 6.78. The highest BCUT2D eigenvalue weighted by Gasteiger charge is 2.56. The topological polar surface area (TPSA) is 35.3 Å². The quantitative estimate of drug-likeness (QED) is 0.782. The van der Waals surface area contributed by atoms with Crippen LogP contribution in [-0.2, 0) is 6.42 Å². The fourth-order valence-electron chi connectivity index (χ4n) is 2.16. The number of hydrogen-bond acceptors (Lipinski definition) is 3. The van der Waals surface area contributed by atoms with Gasteiger partial charge in [-0.25, -0.2) is 8.78 Å². The molecule has 1 heterocycles. The van der Waals surface area contributed by atoms with E-state index < -0.39 is 24.0 Å². The minimum Gasteiger partial charge on any atom is -0.405 e. The molecule has 0 aliphatic heterocycles. The van der Waals surface area contributed by atoms with Gasteiger partial charge in [0.1, 0.15) is 17.2 Å². The SMILES string of the molecule is FC(F)(F)Oc1ccccc1-c1cc(CC2CC2(F)F)on1. The Labute approximate surface area is 121 Å². The number of alkyl halides is 5. The molecule has 1 aromatic heterocycles. The Balaban J connectivity index is 1.81. The van der Waals surface area contributed by atoms with E-state index in [1.54, 1.807) is 0 Å². The Hall–Kier alpha value is -2.12. The maximum Gasteiger partial charge on any atom is 0.573 e. The standard InChI is InChI=1S/C14H10F5NO2/c15-13(16)7-8(13)5-9-6-11(20-22-9)10-3-1-2-4-12(10)21-14(17,18)19/h1-4,6,8H,5,7H2. The Kier molecular flexibility index (Phi) is 3.34. The maximum absolute atomic E-state index is 12.9. The van der Waals surface area contributed by atoms with Gasteiger partial charge < -0.3 is 9.26 Å². The van der Waals surface area contributed by atoms with E-state index in [2.05, 4.69) is 9.89 Å². The fraction of sp³-hybridized carbons (Fsp3) is 0.357. The minimum absolute atomic E-state index is 0.00228. The van der Waals surface area contributed by atoms with Gasteiger partial charge >= 0.3 is 6.36 Å². The summed E-state index contributed by atoms with van der Waals surface area (Å²) < 4.78 is 71.6. The summed E-state index contributed by atoms with van der Waals surface area (Å²) in [4.78, 5) is 0. The normalized spacial score (nSPS) is 20.0. The number of aromatic nitrogens is 1. The van der Waals surface area contributed by atoms with E-state index in [0.29, 0.717) is 0 Å². The molecule has 1 aliphatic rings. The molecule has 22 heavy (non-hydrogen) atoms. The lowest BCUT2D eigenvalue weighted by molar-refractivity contribution is -0.274. The molecule has 0 amide bonds. The van der Waals surface area contributed by atoms with Crippen molar-refractivity contribution in [2.24, 2.45) is 5.92 Å². The highest BCUT2D eigenvalue weighted by molar-refractivity contribution is 5.66. The molecule has 2 aromatic rings. The first-order chi connectivity index (χ1) is 10.2. The second-order valence-corrected chi connectivity index (χ2v) is 5.09. The average Bonchev–Trinajstić information content (AvgIpc) is 2.82. The molecule has 1 atom stereocenters. The van der Waals surface area contributed by atoms with Crippen molar-refractivity contribution in [2.45, 2.75) is 25.1 Å². The summed E-state index contributed by atoms with van der Waals surface area (Å²) in [5.41, 5.74) is 0.191. The lowest BCUT2D eigenvalue weighted by atomic mass is 10.1. The largest absolute Gasteiger partial charge is 0.573 e. The average molecular weight is 319 g/mol. The Bertz CT molecular complexity index is 680. The van der Waals surface area contributed by atoms with Crippen LogP contribution in [0.4, 0.5) is 22.0 Å². The molecule has 118 valence electrons. The molecule has 3 rings (SSSR count). The number of ether oxygens (including phenoxy) is 1. The number of nitrogens with zero attached hydrogens (tertiary/aromatic N) is 1. The smallest absolute Gasteiger partial charge is 0.405 e. The van der Waals surface area contributed by atoms with Crippen molar-refractivity contribution in [3.63, 3.8) is 0 Å². The molecule has 0 N–H and O–H groups in total. The molecule has 8 heteroatoms. The molecular weight excluding hydrogens is 309 g/mol. The molecule has 0 spiro atoms. The van der Waals surface area contributed by atoms with E-state index in [1.165, 1.54) is 24.3 Å². The van der Waals surface area contributed by atoms with Crippen LogP contribution in [0.5, 0.6) is 5.75 Å². The summed E-state index contributed by atoms with van der Waals surface area (Å²) >= 11 is 0. The third-order valence-electron chi connectivity index (χ3n) is 3.35. The van der Waals surface area contributed by atoms with Crippen LogP contribution in [0, 0.1) is 5.92 Å². The third kappa shape index (κ3) is 3.20. The first kappa shape index (κ1) is 14.8. The molecule has 1 saturated carbocycles. The van der Waals surface area contributed by atoms with Crippen molar-refractivity contribution < 1.29 is 31.2 Å². The lowest BCUT2D eigenvalue weighted by Crippen LogP contribution is -2.17. The molecule has 0 radical (unpaired) electrons. The second-order valence-electron chi connectivity index (χ2n) is 5.09. The monoisotopic (exact) mass is 319 g/mol. The Morgan fingerprint density at radius 1 is 1.27 bits per heavy atom. The van der Waals surface area contributed by atoms with Gasteiger partial charge in [0, 0.05) is 30.4 Å². The predicted octanol–water partition coefficient (Wildman–Crippen LogP) is 4.44. The van der Waals surface area contributed by atoms with Crippen LogP contribution < -0.4 is 4.74 Å². The maximum atomic E-state index is 12.9. The summed E-state index contributed by atoms with van der Waals surface area (Å²) in [5, 5.41) is 3.64. The predicted molar refractivity (Wildman–Crippen MR) is 65.4 cm³/mol. The number of halogens is 5. The van der Waals surface area contributed by atoms with Crippen LogP contribution in [0.3, 0.4) is 0 Å². The summed E-state index contributed by atoms with van der Waals surface area (Å²) in [6.07, 6.45) is -5.04. The molecule has 1 aliphatic carbocycles. The van der Waals surface area contributed by atoms with Gasteiger partial charge in [0.15, 0.2) is 0 Å². The zero-order chi connectivity index (χ0) is 16.0. The van der Waals surface area contributed by atoms with Crippen LogP contribution in [0.25, 0.3) is 11.3 Å². The number of benzene rings is 1. The Morgan fingerprint density at radius 3 is 2.59 bits per heavy atom. The highest BCUT2D eigenvalue weighted by atomic mass is 19.4. The molecular formula is C14H10F5NO2. The van der Waals surface area contributed by atoms with E-state index in [4.69, 9.17) is 4.52 Å². The van der Waals surface area contributed by atoms with Gasteiger partial charge in [0.05, 0.1) is 0 Å². The van der Waals surface area contributed by atoms with Crippen LogP contribution >= 0.6 is 0 Å². The van der Waals surface area contributed by atoms with Gasteiger partial charge in [-0.15, -0.1) is 13.2 Å². The molecule has 0 saturated heterocycles. The summed E-state index contributed by atoms with van der Waals surface area (Å²) in [5.74, 6) is -3.70. The van der Waals surface area contributed by atoms with Crippen LogP contribution in [0.2, 0.25) is 0 Å². The minimum atomic E-state index is -4.83. The van der Waals surface area contributed by atoms with E-state index >= 15 is 0 Å².